The van der Waals surface area contributed by atoms with Gasteiger partial charge < -0.3 is 14.8 Å². The number of esters is 1. The van der Waals surface area contributed by atoms with Crippen molar-refractivity contribution in [2.45, 2.75) is 83.4 Å². The highest BCUT2D eigenvalue weighted by Gasteiger charge is 2.49. The molecule has 1 spiro atoms. The number of nitrogens with zero attached hydrogens (tertiary/aromatic N) is 4. The summed E-state index contributed by atoms with van der Waals surface area (Å²) in [6, 6.07) is 20.6. The van der Waals surface area contributed by atoms with Crippen molar-refractivity contribution >= 4 is 29.0 Å². The van der Waals surface area contributed by atoms with E-state index in [9.17, 15) is 14.4 Å². The van der Waals surface area contributed by atoms with Crippen molar-refractivity contribution in [2.24, 2.45) is 5.41 Å². The van der Waals surface area contributed by atoms with E-state index < -0.39 is 11.5 Å². The third-order valence-corrected chi connectivity index (χ3v) is 10.2. The number of piperidine rings is 1. The number of fused-ring (bicyclic) bond motifs is 1. The van der Waals surface area contributed by atoms with Crippen LogP contribution >= 0.6 is 0 Å². The van der Waals surface area contributed by atoms with Crippen LogP contribution in [-0.2, 0) is 32.1 Å². The van der Waals surface area contributed by atoms with Gasteiger partial charge >= 0.3 is 12.1 Å². The molecule has 2 aliphatic carbocycles. The van der Waals surface area contributed by atoms with E-state index in [0.29, 0.717) is 18.6 Å². The van der Waals surface area contributed by atoms with Gasteiger partial charge in [0.05, 0.1) is 18.1 Å². The summed E-state index contributed by atoms with van der Waals surface area (Å²) in [5, 5.41) is 3.42. The molecule has 1 aliphatic heterocycles. The van der Waals surface area contributed by atoms with E-state index in [-0.39, 0.29) is 37.1 Å². The number of aromatic nitrogens is 3. The maximum absolute atomic E-state index is 13.5. The van der Waals surface area contributed by atoms with E-state index in [1.165, 1.54) is 0 Å². The molecule has 254 valence electrons. The van der Waals surface area contributed by atoms with Crippen molar-refractivity contribution in [3.63, 3.8) is 0 Å². The van der Waals surface area contributed by atoms with Gasteiger partial charge in [-0.15, -0.1) is 0 Å². The first-order chi connectivity index (χ1) is 24.0. The number of carbonyl (C=O) groups is 3. The SMILES string of the molecule is CCOC(=O)[C@H](Cc1ccc(-n2c([C@H]3CCCCN3C(=O)OCc3ccccc3)nc3cccnc32)cc1)NC1=CC(=O)C12CCCCC2. The number of hydrogen-bond donors (Lipinski definition) is 1. The summed E-state index contributed by atoms with van der Waals surface area (Å²) in [5.41, 5.74) is 4.59. The number of ketones is 1. The minimum Gasteiger partial charge on any atom is -0.464 e. The van der Waals surface area contributed by atoms with Crippen molar-refractivity contribution in [1.29, 1.82) is 0 Å². The molecule has 10 nitrogen and oxygen atoms in total. The van der Waals surface area contributed by atoms with Crippen LogP contribution in [-0.4, -0.2) is 56.5 Å². The van der Waals surface area contributed by atoms with Gasteiger partial charge in [-0.2, -0.15) is 0 Å². The molecule has 49 heavy (non-hydrogen) atoms. The molecule has 1 N–H and O–H groups in total. The lowest BCUT2D eigenvalue weighted by Gasteiger charge is -2.44. The second-order valence-electron chi connectivity index (χ2n) is 13.3. The highest BCUT2D eigenvalue weighted by atomic mass is 16.6. The number of imidazole rings is 1. The van der Waals surface area contributed by atoms with Gasteiger partial charge in [-0.25, -0.2) is 19.6 Å². The number of nitrogens with one attached hydrogen (secondary N) is 1. The Bertz CT molecular complexity index is 1840. The minimum absolute atomic E-state index is 0.166. The van der Waals surface area contributed by atoms with Crippen LogP contribution in [0.3, 0.4) is 0 Å². The lowest BCUT2D eigenvalue weighted by molar-refractivity contribution is -0.146. The molecule has 7 rings (SSSR count). The molecule has 10 heteroatoms. The van der Waals surface area contributed by atoms with Crippen molar-refractivity contribution < 1.29 is 23.9 Å². The highest BCUT2D eigenvalue weighted by Crippen LogP contribution is 2.48. The molecule has 1 amide bonds. The van der Waals surface area contributed by atoms with Crippen molar-refractivity contribution in [2.75, 3.05) is 13.2 Å². The molecule has 1 saturated carbocycles. The van der Waals surface area contributed by atoms with Crippen LogP contribution in [0.1, 0.15) is 81.3 Å². The van der Waals surface area contributed by atoms with E-state index in [0.717, 1.165) is 85.2 Å². The molecular formula is C39H43N5O5. The van der Waals surface area contributed by atoms with Crippen LogP contribution in [0.25, 0.3) is 16.9 Å². The van der Waals surface area contributed by atoms with E-state index in [1.54, 1.807) is 24.1 Å². The Hall–Kier alpha value is -4.99. The van der Waals surface area contributed by atoms with E-state index in [4.69, 9.17) is 19.4 Å². The Morgan fingerprint density at radius 1 is 0.939 bits per heavy atom. The first-order valence-corrected chi connectivity index (χ1v) is 17.6. The van der Waals surface area contributed by atoms with Crippen LogP contribution in [0.5, 0.6) is 0 Å². The number of likely N-dealkylation sites (tertiary alicyclic amines) is 1. The summed E-state index contributed by atoms with van der Waals surface area (Å²) in [7, 11) is 0. The van der Waals surface area contributed by atoms with Crippen molar-refractivity contribution in [1.82, 2.24) is 24.8 Å². The van der Waals surface area contributed by atoms with Crippen molar-refractivity contribution in [3.8, 4) is 5.69 Å². The maximum Gasteiger partial charge on any atom is 0.410 e. The van der Waals surface area contributed by atoms with Gasteiger partial charge in [0.2, 0.25) is 0 Å². The van der Waals surface area contributed by atoms with Gasteiger partial charge in [0.15, 0.2) is 11.4 Å². The van der Waals surface area contributed by atoms with Crippen LogP contribution < -0.4 is 5.32 Å². The quantitative estimate of drug-likeness (QED) is 0.185. The number of carbonyl (C=O) groups excluding carboxylic acids is 3. The largest absolute Gasteiger partial charge is 0.464 e. The average molecular weight is 662 g/mol. The van der Waals surface area contributed by atoms with Crippen LogP contribution in [0.15, 0.2) is 84.7 Å². The topological polar surface area (TPSA) is 116 Å². The number of ether oxygens (including phenoxy) is 2. The fourth-order valence-electron chi connectivity index (χ4n) is 7.58. The monoisotopic (exact) mass is 661 g/mol. The van der Waals surface area contributed by atoms with E-state index in [2.05, 4.69) is 5.32 Å². The summed E-state index contributed by atoms with van der Waals surface area (Å²) in [6.07, 6.45) is 10.9. The number of hydrogen-bond acceptors (Lipinski definition) is 8. The van der Waals surface area contributed by atoms with Gasteiger partial charge in [0.25, 0.3) is 0 Å². The Balaban J connectivity index is 1.14. The lowest BCUT2D eigenvalue weighted by Crippen LogP contribution is -2.52. The maximum atomic E-state index is 13.5. The normalized spacial score (nSPS) is 19.2. The molecule has 0 unspecified atom stereocenters. The third kappa shape index (κ3) is 6.56. The average Bonchev–Trinajstić information content (AvgIpc) is 3.54. The molecule has 3 heterocycles. The van der Waals surface area contributed by atoms with Gasteiger partial charge in [0, 0.05) is 36.6 Å². The molecule has 0 bridgehead atoms. The predicted molar refractivity (Wildman–Crippen MR) is 185 cm³/mol. The number of rotatable bonds is 10. The number of allylic oxidation sites excluding steroid dienone is 2. The smallest absolute Gasteiger partial charge is 0.410 e. The summed E-state index contributed by atoms with van der Waals surface area (Å²) in [4.78, 5) is 50.8. The second-order valence-corrected chi connectivity index (χ2v) is 13.3. The zero-order valence-electron chi connectivity index (χ0n) is 28.0. The fourth-order valence-corrected chi connectivity index (χ4v) is 7.58. The number of amides is 1. The van der Waals surface area contributed by atoms with Gasteiger partial charge in [-0.3, -0.25) is 14.3 Å². The molecule has 3 aliphatic rings. The van der Waals surface area contributed by atoms with Crippen LogP contribution in [0, 0.1) is 5.41 Å². The molecule has 1 saturated heterocycles. The zero-order chi connectivity index (χ0) is 33.8. The van der Waals surface area contributed by atoms with Crippen molar-refractivity contribution in [3.05, 3.63) is 102 Å². The standard InChI is InChI=1S/C39H43N5O5/c1-2-48-37(46)31(41-33-25-34(45)39(33)20-8-4-9-21-39)24-27-16-18-29(19-17-27)44-35-30(14-11-22-40-35)42-36(44)32-15-7-10-23-43(32)38(47)49-26-28-12-5-3-6-13-28/h3,5-6,11-14,16-19,22,25,31-32,41H,2,4,7-10,15,20-21,23-24,26H2,1H3/t31-,32+/m0/s1. The lowest BCUT2D eigenvalue weighted by atomic mass is 9.62. The summed E-state index contributed by atoms with van der Waals surface area (Å²) in [6.45, 7) is 2.87. The minimum atomic E-state index is -0.618. The van der Waals surface area contributed by atoms with E-state index in [1.807, 2.05) is 71.3 Å². The Labute approximate surface area is 286 Å². The first-order valence-electron chi connectivity index (χ1n) is 17.6. The predicted octanol–water partition coefficient (Wildman–Crippen LogP) is 6.77. The van der Waals surface area contributed by atoms with Gasteiger partial charge in [-0.1, -0.05) is 61.7 Å². The van der Waals surface area contributed by atoms with Crippen LogP contribution in [0.4, 0.5) is 4.79 Å². The summed E-state index contributed by atoms with van der Waals surface area (Å²) in [5.74, 6) is 0.573. The number of benzene rings is 2. The first kappa shape index (κ1) is 32.6. The molecular weight excluding hydrogens is 618 g/mol. The second kappa shape index (κ2) is 14.2. The molecule has 2 aromatic carbocycles. The number of pyridine rings is 1. The molecule has 2 fully saturated rings. The molecule has 2 aromatic heterocycles. The molecule has 0 radical (unpaired) electrons. The van der Waals surface area contributed by atoms with Crippen LogP contribution in [0.2, 0.25) is 0 Å². The summed E-state index contributed by atoms with van der Waals surface area (Å²) < 4.78 is 13.3. The van der Waals surface area contributed by atoms with Gasteiger partial charge in [0.1, 0.15) is 24.0 Å². The summed E-state index contributed by atoms with van der Waals surface area (Å²) >= 11 is 0. The Kier molecular flexibility index (Phi) is 9.46. The molecule has 4 aromatic rings. The molecule has 2 atom stereocenters. The van der Waals surface area contributed by atoms with E-state index >= 15 is 0 Å². The Morgan fingerprint density at radius 3 is 2.49 bits per heavy atom. The highest BCUT2D eigenvalue weighted by molar-refractivity contribution is 6.05. The fraction of sp³-hybridized carbons (Fsp3) is 0.410. The third-order valence-electron chi connectivity index (χ3n) is 10.2. The van der Waals surface area contributed by atoms with Gasteiger partial charge in [-0.05, 0) is 74.4 Å². The zero-order valence-corrected chi connectivity index (χ0v) is 28.0. The Morgan fingerprint density at radius 2 is 1.73 bits per heavy atom.